The zero-order chi connectivity index (χ0) is 19.4. The Morgan fingerprint density at radius 3 is 2.48 bits per heavy atom. The number of carbonyl (C=O) groups excluding carboxylic acids is 2. The Labute approximate surface area is 164 Å². The molecule has 27 heavy (non-hydrogen) atoms. The summed E-state index contributed by atoms with van der Waals surface area (Å²) in [5.41, 5.74) is 0.884. The monoisotopic (exact) mass is 381 g/mol. The highest BCUT2D eigenvalue weighted by molar-refractivity contribution is 6.31. The van der Waals surface area contributed by atoms with Gasteiger partial charge in [0.25, 0.3) is 0 Å². The molecule has 1 heterocycles. The number of hydrogen-bond donors (Lipinski definition) is 1. The van der Waals surface area contributed by atoms with Crippen LogP contribution in [0.15, 0.2) is 30.9 Å². The number of piperazine rings is 1. The van der Waals surface area contributed by atoms with E-state index >= 15 is 0 Å². The van der Waals surface area contributed by atoms with Crippen LogP contribution in [0.4, 0.5) is 4.79 Å². The van der Waals surface area contributed by atoms with Crippen LogP contribution in [0, 0.1) is 24.2 Å². The zero-order valence-electron chi connectivity index (χ0n) is 14.9. The van der Waals surface area contributed by atoms with Crippen LogP contribution in [0.2, 0.25) is 5.02 Å². The van der Waals surface area contributed by atoms with Gasteiger partial charge in [-0.25, -0.2) is 4.79 Å². The van der Waals surface area contributed by atoms with Crippen LogP contribution in [-0.4, -0.2) is 53.5 Å². The molecule has 1 saturated carbocycles. The van der Waals surface area contributed by atoms with Crippen molar-refractivity contribution in [2.24, 2.45) is 0 Å². The predicted molar refractivity (Wildman–Crippen MR) is 105 cm³/mol. The summed E-state index contributed by atoms with van der Waals surface area (Å²) >= 11 is 6.01. The lowest BCUT2D eigenvalue weighted by Gasteiger charge is -2.34. The van der Waals surface area contributed by atoms with Crippen LogP contribution in [0.5, 0.6) is 0 Å². The molecule has 0 aromatic heterocycles. The fourth-order valence-corrected chi connectivity index (χ4v) is 3.03. The first kappa shape index (κ1) is 18.9. The predicted octanol–water partition coefficient (Wildman–Crippen LogP) is 2.25. The minimum absolute atomic E-state index is 0.103. The Balaban J connectivity index is 1.60. The van der Waals surface area contributed by atoms with E-state index in [4.69, 9.17) is 18.0 Å². The lowest BCUT2D eigenvalue weighted by Crippen LogP contribution is -2.54. The summed E-state index contributed by atoms with van der Waals surface area (Å²) in [5.74, 6) is 8.68. The Kier molecular flexibility index (Phi) is 5.44. The van der Waals surface area contributed by atoms with Crippen LogP contribution in [0.25, 0.3) is 0 Å². The van der Waals surface area contributed by atoms with E-state index in [1.165, 1.54) is 6.08 Å². The van der Waals surface area contributed by atoms with E-state index in [1.54, 1.807) is 21.9 Å². The number of amides is 3. The normalized spacial score (nSPS) is 17.2. The highest BCUT2D eigenvalue weighted by Crippen LogP contribution is 2.35. The van der Waals surface area contributed by atoms with Crippen molar-refractivity contribution in [1.82, 2.24) is 15.1 Å². The second kappa shape index (κ2) is 7.78. The molecule has 1 N–H and O–H groups in total. The third kappa shape index (κ3) is 4.45. The molecule has 1 aliphatic heterocycles. The van der Waals surface area contributed by atoms with E-state index in [-0.39, 0.29) is 11.9 Å². The van der Waals surface area contributed by atoms with Gasteiger partial charge in [-0.3, -0.25) is 4.79 Å². The van der Waals surface area contributed by atoms with Gasteiger partial charge < -0.3 is 15.1 Å². The van der Waals surface area contributed by atoms with Gasteiger partial charge in [-0.05, 0) is 37.1 Å². The SMILES string of the molecule is C#Cc1cc(C#CC2(NC(=O)N3CCN(C(=O)C=C)CC3)CC2)ccc1Cl. The Morgan fingerprint density at radius 1 is 1.22 bits per heavy atom. The minimum Gasteiger partial charge on any atom is -0.336 e. The number of nitrogens with one attached hydrogen (secondary N) is 1. The molecule has 0 atom stereocenters. The molecule has 6 heteroatoms. The molecule has 1 aliphatic carbocycles. The van der Waals surface area contributed by atoms with Crippen molar-refractivity contribution in [2.75, 3.05) is 26.2 Å². The van der Waals surface area contributed by atoms with Gasteiger partial charge in [-0.2, -0.15) is 0 Å². The van der Waals surface area contributed by atoms with Crippen molar-refractivity contribution in [3.05, 3.63) is 47.0 Å². The van der Waals surface area contributed by atoms with Crippen LogP contribution in [0.1, 0.15) is 24.0 Å². The van der Waals surface area contributed by atoms with Crippen LogP contribution in [0.3, 0.4) is 0 Å². The van der Waals surface area contributed by atoms with Gasteiger partial charge in [-0.15, -0.1) is 6.42 Å². The molecule has 1 aromatic carbocycles. The quantitative estimate of drug-likeness (QED) is 0.631. The van der Waals surface area contributed by atoms with Crippen molar-refractivity contribution in [3.63, 3.8) is 0 Å². The van der Waals surface area contributed by atoms with Crippen molar-refractivity contribution >= 4 is 23.5 Å². The molecule has 0 bridgehead atoms. The number of nitrogens with zero attached hydrogens (tertiary/aromatic N) is 2. The summed E-state index contributed by atoms with van der Waals surface area (Å²) in [6.45, 7) is 5.51. The van der Waals surface area contributed by atoms with Crippen LogP contribution < -0.4 is 5.32 Å². The van der Waals surface area contributed by atoms with Crippen molar-refractivity contribution < 1.29 is 9.59 Å². The topological polar surface area (TPSA) is 52.7 Å². The largest absolute Gasteiger partial charge is 0.336 e. The molecule has 1 aromatic rings. The summed E-state index contributed by atoms with van der Waals surface area (Å²) in [4.78, 5) is 27.6. The molecule has 138 valence electrons. The standard InChI is InChI=1S/C21H20ClN3O2/c1-3-17-15-16(5-6-18(17)22)7-8-21(9-10-21)23-20(27)25-13-11-24(12-14-25)19(26)4-2/h1,4-6,15H,2,9-14H2,(H,23,27). The first-order valence-electron chi connectivity index (χ1n) is 8.74. The molecule has 3 rings (SSSR count). The Morgan fingerprint density at radius 2 is 1.89 bits per heavy atom. The fraction of sp³-hybridized carbons (Fsp3) is 0.333. The van der Waals surface area contributed by atoms with E-state index in [9.17, 15) is 9.59 Å². The summed E-state index contributed by atoms with van der Waals surface area (Å²) in [6, 6.07) is 5.16. The first-order chi connectivity index (χ1) is 13.0. The second-order valence-electron chi connectivity index (χ2n) is 6.62. The van der Waals surface area contributed by atoms with Crippen LogP contribution in [-0.2, 0) is 4.79 Å². The number of hydrogen-bond acceptors (Lipinski definition) is 2. The van der Waals surface area contributed by atoms with E-state index in [0.29, 0.717) is 36.8 Å². The Hall–Kier alpha value is -2.89. The van der Waals surface area contributed by atoms with E-state index in [0.717, 1.165) is 18.4 Å². The Bertz CT molecular complexity index is 879. The van der Waals surface area contributed by atoms with E-state index < -0.39 is 5.54 Å². The summed E-state index contributed by atoms with van der Waals surface area (Å²) in [5, 5.41) is 3.55. The second-order valence-corrected chi connectivity index (χ2v) is 7.02. The highest BCUT2D eigenvalue weighted by atomic mass is 35.5. The molecule has 0 radical (unpaired) electrons. The van der Waals surface area contributed by atoms with Gasteiger partial charge in [0.05, 0.1) is 5.02 Å². The molecule has 0 spiro atoms. The zero-order valence-corrected chi connectivity index (χ0v) is 15.7. The van der Waals surface area contributed by atoms with Gasteiger partial charge in [0.1, 0.15) is 5.54 Å². The minimum atomic E-state index is -0.485. The maximum atomic E-state index is 12.5. The van der Waals surface area contributed by atoms with Gasteiger partial charge in [0.15, 0.2) is 0 Å². The van der Waals surface area contributed by atoms with Crippen molar-refractivity contribution in [3.8, 4) is 24.2 Å². The summed E-state index contributed by atoms with van der Waals surface area (Å²) < 4.78 is 0. The average Bonchev–Trinajstić information content (AvgIpc) is 3.46. The fourth-order valence-electron chi connectivity index (χ4n) is 2.85. The molecule has 1 saturated heterocycles. The van der Waals surface area contributed by atoms with E-state index in [1.807, 2.05) is 6.07 Å². The lowest BCUT2D eigenvalue weighted by molar-refractivity contribution is -0.127. The number of benzene rings is 1. The smallest absolute Gasteiger partial charge is 0.318 e. The number of rotatable bonds is 2. The highest BCUT2D eigenvalue weighted by Gasteiger charge is 2.43. The van der Waals surface area contributed by atoms with Gasteiger partial charge in [0.2, 0.25) is 5.91 Å². The number of urea groups is 1. The molecule has 2 aliphatic rings. The van der Waals surface area contributed by atoms with Crippen molar-refractivity contribution in [2.45, 2.75) is 18.4 Å². The van der Waals surface area contributed by atoms with Crippen LogP contribution >= 0.6 is 11.6 Å². The number of terminal acetylenes is 1. The lowest BCUT2D eigenvalue weighted by atomic mass is 10.1. The van der Waals surface area contributed by atoms with E-state index in [2.05, 4.69) is 29.7 Å². The third-order valence-corrected chi connectivity index (χ3v) is 5.05. The maximum absolute atomic E-state index is 12.5. The molecule has 2 fully saturated rings. The summed E-state index contributed by atoms with van der Waals surface area (Å²) in [7, 11) is 0. The summed E-state index contributed by atoms with van der Waals surface area (Å²) in [6.07, 6.45) is 8.35. The number of carbonyl (C=O) groups is 2. The van der Waals surface area contributed by atoms with Gasteiger partial charge >= 0.3 is 6.03 Å². The molecule has 5 nitrogen and oxygen atoms in total. The molecular weight excluding hydrogens is 362 g/mol. The molecule has 3 amide bonds. The first-order valence-corrected chi connectivity index (χ1v) is 9.12. The third-order valence-electron chi connectivity index (χ3n) is 4.72. The number of halogens is 1. The van der Waals surface area contributed by atoms with Gasteiger partial charge in [0, 0.05) is 37.3 Å². The van der Waals surface area contributed by atoms with Crippen molar-refractivity contribution in [1.29, 1.82) is 0 Å². The maximum Gasteiger partial charge on any atom is 0.318 e. The average molecular weight is 382 g/mol. The molecule has 0 unspecified atom stereocenters. The molecular formula is C21H20ClN3O2. The van der Waals surface area contributed by atoms with Gasteiger partial charge in [-0.1, -0.05) is 35.9 Å².